The highest BCUT2D eigenvalue weighted by molar-refractivity contribution is 6.21. The largest absolute Gasteiger partial charge is 0.310 e. The molecule has 0 fully saturated rings. The molecule has 0 N–H and O–H groups in total. The topological polar surface area (TPSA) is 6.48 Å². The number of fused-ring (bicyclic) bond motifs is 5. The second-order valence-electron chi connectivity index (χ2n) is 13.1. The van der Waals surface area contributed by atoms with Crippen molar-refractivity contribution in [2.75, 3.05) is 9.80 Å². The Hall–Kier alpha value is -5.86. The summed E-state index contributed by atoms with van der Waals surface area (Å²) in [6, 6.07) is 58.1. The van der Waals surface area contributed by atoms with Crippen LogP contribution in [0.1, 0.15) is 22.3 Å². The van der Waals surface area contributed by atoms with E-state index in [1.165, 1.54) is 54.6 Å². The fraction of sp³-hybridized carbons (Fsp3) is 0.0870. The molecule has 0 aliphatic heterocycles. The van der Waals surface area contributed by atoms with Crippen molar-refractivity contribution in [1.29, 1.82) is 0 Å². The van der Waals surface area contributed by atoms with E-state index in [1.807, 2.05) is 0 Å². The van der Waals surface area contributed by atoms with Crippen LogP contribution >= 0.6 is 0 Å². The Balaban J connectivity index is 1.36. The van der Waals surface area contributed by atoms with E-state index in [-0.39, 0.29) is 0 Å². The molecule has 2 nitrogen and oxygen atoms in total. The van der Waals surface area contributed by atoms with Gasteiger partial charge in [-0.15, -0.1) is 0 Å². The fourth-order valence-corrected chi connectivity index (χ4v) is 6.80. The van der Waals surface area contributed by atoms with E-state index in [0.29, 0.717) is 0 Å². The Morgan fingerprint density at radius 2 is 0.521 bits per heavy atom. The molecule has 2 heteroatoms. The molecule has 0 aliphatic rings. The lowest BCUT2D eigenvalue weighted by Gasteiger charge is -2.27. The first-order valence-electron chi connectivity index (χ1n) is 16.7. The molecule has 0 saturated heterocycles. The normalized spacial score (nSPS) is 11.3. The molecule has 0 heterocycles. The van der Waals surface area contributed by atoms with Crippen LogP contribution < -0.4 is 9.80 Å². The standard InChI is InChI=1S/C46H38N2/c1-31-5-19-38(20-6-31)47(39-21-7-32(2)8-22-39)42-27-17-35-13-15-37-16-14-36-18-28-43(30-45(36)46(37)44(35)29-42)48(40-23-9-33(3)10-24-40)41-25-11-34(4)12-26-41/h5-30H,1-4H3. The molecule has 0 saturated carbocycles. The molecule has 0 aliphatic carbocycles. The monoisotopic (exact) mass is 618 g/mol. The van der Waals surface area contributed by atoms with E-state index in [1.54, 1.807) is 0 Å². The van der Waals surface area contributed by atoms with Crippen LogP contribution in [0.25, 0.3) is 32.3 Å². The molecule has 48 heavy (non-hydrogen) atoms. The van der Waals surface area contributed by atoms with Gasteiger partial charge in [0.25, 0.3) is 0 Å². The SMILES string of the molecule is Cc1ccc(N(c2ccc(C)cc2)c2ccc3ccc4ccc5ccc(N(c6ccc(C)cc6)c6ccc(C)cc6)cc5c4c3c2)cc1. The summed E-state index contributed by atoms with van der Waals surface area (Å²) in [6.45, 7) is 8.56. The maximum absolute atomic E-state index is 2.38. The summed E-state index contributed by atoms with van der Waals surface area (Å²) in [4.78, 5) is 4.73. The van der Waals surface area contributed by atoms with Crippen molar-refractivity contribution in [2.24, 2.45) is 0 Å². The third kappa shape index (κ3) is 5.46. The van der Waals surface area contributed by atoms with Crippen molar-refractivity contribution in [1.82, 2.24) is 0 Å². The lowest BCUT2D eigenvalue weighted by Crippen LogP contribution is -2.10. The molecule has 0 spiro atoms. The average molecular weight is 619 g/mol. The van der Waals surface area contributed by atoms with Gasteiger partial charge in [0.05, 0.1) is 0 Å². The van der Waals surface area contributed by atoms with Crippen molar-refractivity contribution in [3.05, 3.63) is 180 Å². The summed E-state index contributed by atoms with van der Waals surface area (Å²) in [6.07, 6.45) is 0. The van der Waals surface area contributed by atoms with Gasteiger partial charge in [0.1, 0.15) is 0 Å². The van der Waals surface area contributed by atoms with Gasteiger partial charge in [-0.3, -0.25) is 0 Å². The highest BCUT2D eigenvalue weighted by Gasteiger charge is 2.17. The second kappa shape index (κ2) is 12.1. The first-order chi connectivity index (χ1) is 23.4. The lowest BCUT2D eigenvalue weighted by molar-refractivity contribution is 1.27. The summed E-state index contributed by atoms with van der Waals surface area (Å²) in [5, 5.41) is 7.45. The summed E-state index contributed by atoms with van der Waals surface area (Å²) in [5.74, 6) is 0. The maximum Gasteiger partial charge on any atom is 0.0468 e. The van der Waals surface area contributed by atoms with Crippen LogP contribution in [0, 0.1) is 27.7 Å². The van der Waals surface area contributed by atoms with Gasteiger partial charge in [-0.2, -0.15) is 0 Å². The summed E-state index contributed by atoms with van der Waals surface area (Å²) in [5.41, 5.74) is 11.8. The molecular weight excluding hydrogens is 581 g/mol. The van der Waals surface area contributed by atoms with Crippen LogP contribution in [0.5, 0.6) is 0 Å². The molecule has 0 aromatic heterocycles. The minimum absolute atomic E-state index is 1.14. The summed E-state index contributed by atoms with van der Waals surface area (Å²) < 4.78 is 0. The van der Waals surface area contributed by atoms with Gasteiger partial charge in [-0.05, 0) is 133 Å². The zero-order valence-corrected chi connectivity index (χ0v) is 27.9. The van der Waals surface area contributed by atoms with Crippen molar-refractivity contribution in [3.8, 4) is 0 Å². The van der Waals surface area contributed by atoms with E-state index in [4.69, 9.17) is 0 Å². The highest BCUT2D eigenvalue weighted by Crippen LogP contribution is 2.42. The second-order valence-corrected chi connectivity index (χ2v) is 13.1. The number of anilines is 6. The smallest absolute Gasteiger partial charge is 0.0468 e. The molecule has 8 aromatic rings. The third-order valence-electron chi connectivity index (χ3n) is 9.47. The maximum atomic E-state index is 2.38. The van der Waals surface area contributed by atoms with Gasteiger partial charge >= 0.3 is 0 Å². The van der Waals surface area contributed by atoms with Gasteiger partial charge in [0, 0.05) is 34.1 Å². The van der Waals surface area contributed by atoms with E-state index >= 15 is 0 Å². The number of rotatable bonds is 6. The Labute approximate surface area is 283 Å². The molecule has 0 amide bonds. The Morgan fingerprint density at radius 3 is 0.833 bits per heavy atom. The van der Waals surface area contributed by atoms with Crippen LogP contribution in [0.3, 0.4) is 0 Å². The predicted molar refractivity (Wildman–Crippen MR) is 207 cm³/mol. The minimum atomic E-state index is 1.14. The van der Waals surface area contributed by atoms with E-state index < -0.39 is 0 Å². The number of aryl methyl sites for hydroxylation is 4. The number of hydrogen-bond donors (Lipinski definition) is 0. The zero-order chi connectivity index (χ0) is 32.8. The highest BCUT2D eigenvalue weighted by atomic mass is 15.1. The number of nitrogens with zero attached hydrogens (tertiary/aromatic N) is 2. The summed E-state index contributed by atoms with van der Waals surface area (Å²) >= 11 is 0. The van der Waals surface area contributed by atoms with Crippen LogP contribution in [-0.2, 0) is 0 Å². The first-order valence-corrected chi connectivity index (χ1v) is 16.7. The van der Waals surface area contributed by atoms with Crippen molar-refractivity contribution in [3.63, 3.8) is 0 Å². The van der Waals surface area contributed by atoms with Gasteiger partial charge in [-0.25, -0.2) is 0 Å². The number of hydrogen-bond acceptors (Lipinski definition) is 2. The molecule has 0 unspecified atom stereocenters. The zero-order valence-electron chi connectivity index (χ0n) is 27.9. The molecular formula is C46H38N2. The van der Waals surface area contributed by atoms with E-state index in [2.05, 4.69) is 195 Å². The van der Waals surface area contributed by atoms with Crippen molar-refractivity contribution in [2.45, 2.75) is 27.7 Å². The lowest BCUT2D eigenvalue weighted by atomic mass is 9.95. The van der Waals surface area contributed by atoms with Crippen molar-refractivity contribution < 1.29 is 0 Å². The van der Waals surface area contributed by atoms with Crippen molar-refractivity contribution >= 4 is 66.4 Å². The molecule has 8 rings (SSSR count). The first kappa shape index (κ1) is 29.5. The van der Waals surface area contributed by atoms with Crippen LogP contribution in [0.15, 0.2) is 158 Å². The number of benzene rings is 8. The van der Waals surface area contributed by atoms with Gasteiger partial charge in [0.2, 0.25) is 0 Å². The summed E-state index contributed by atoms with van der Waals surface area (Å²) in [7, 11) is 0. The molecule has 232 valence electrons. The Morgan fingerprint density at radius 1 is 0.271 bits per heavy atom. The fourth-order valence-electron chi connectivity index (χ4n) is 6.80. The quantitative estimate of drug-likeness (QED) is 0.171. The predicted octanol–water partition coefficient (Wildman–Crippen LogP) is 13.3. The van der Waals surface area contributed by atoms with E-state index in [0.717, 1.165) is 34.1 Å². The average Bonchev–Trinajstić information content (AvgIpc) is 3.11. The van der Waals surface area contributed by atoms with Crippen LogP contribution in [0.4, 0.5) is 34.1 Å². The van der Waals surface area contributed by atoms with Gasteiger partial charge in [0.15, 0.2) is 0 Å². The van der Waals surface area contributed by atoms with E-state index in [9.17, 15) is 0 Å². The van der Waals surface area contributed by atoms with Crippen LogP contribution in [-0.4, -0.2) is 0 Å². The molecule has 0 radical (unpaired) electrons. The Kier molecular flexibility index (Phi) is 7.42. The van der Waals surface area contributed by atoms with Crippen LogP contribution in [0.2, 0.25) is 0 Å². The molecule has 0 bridgehead atoms. The molecule has 0 atom stereocenters. The molecule has 8 aromatic carbocycles. The van der Waals surface area contributed by atoms with Gasteiger partial charge < -0.3 is 9.80 Å². The Bertz CT molecular complexity index is 2140. The minimum Gasteiger partial charge on any atom is -0.310 e. The third-order valence-corrected chi connectivity index (χ3v) is 9.47. The van der Waals surface area contributed by atoms with Gasteiger partial charge in [-0.1, -0.05) is 107 Å².